The number of nitrogens with one attached hydrogen (secondary N) is 2. The summed E-state index contributed by atoms with van der Waals surface area (Å²) in [5, 5.41) is 10.1. The number of benzene rings is 1. The van der Waals surface area contributed by atoms with Crippen molar-refractivity contribution >= 4 is 34.9 Å². The molecule has 0 aliphatic heterocycles. The van der Waals surface area contributed by atoms with E-state index in [2.05, 4.69) is 15.5 Å². The average Bonchev–Trinajstić information content (AvgIpc) is 3.48. The number of thiophene rings is 1. The Morgan fingerprint density at radius 1 is 1.21 bits per heavy atom. The van der Waals surface area contributed by atoms with Gasteiger partial charge in [-0.05, 0) is 42.3 Å². The summed E-state index contributed by atoms with van der Waals surface area (Å²) in [5.74, 6) is 0.506. The summed E-state index contributed by atoms with van der Waals surface area (Å²) >= 11 is 7.47. The second-order valence-electron chi connectivity index (χ2n) is 6.40. The Morgan fingerprint density at radius 2 is 2.07 bits per heavy atom. The van der Waals surface area contributed by atoms with Crippen molar-refractivity contribution in [3.05, 3.63) is 94.4 Å². The van der Waals surface area contributed by atoms with Gasteiger partial charge in [-0.1, -0.05) is 41.9 Å². The van der Waals surface area contributed by atoms with Crippen molar-refractivity contribution in [2.24, 2.45) is 0 Å². The van der Waals surface area contributed by atoms with Gasteiger partial charge in [0.15, 0.2) is 0 Å². The number of hydrogen-bond donors (Lipinski definition) is 2. The number of furan rings is 1. The van der Waals surface area contributed by atoms with E-state index in [-0.39, 0.29) is 11.9 Å². The smallest absolute Gasteiger partial charge is 0.244 e. The van der Waals surface area contributed by atoms with Crippen molar-refractivity contribution in [3.63, 3.8) is 0 Å². The van der Waals surface area contributed by atoms with Gasteiger partial charge in [-0.3, -0.25) is 9.89 Å². The Bertz CT molecular complexity index is 1100. The largest absolute Gasteiger partial charge is 0.467 e. The van der Waals surface area contributed by atoms with E-state index < -0.39 is 0 Å². The second kappa shape index (κ2) is 8.94. The molecule has 0 spiro atoms. The summed E-state index contributed by atoms with van der Waals surface area (Å²) in [4.78, 5) is 13.6. The van der Waals surface area contributed by atoms with E-state index in [9.17, 15) is 4.79 Å². The molecule has 0 saturated carbocycles. The molecule has 1 atom stereocenters. The summed E-state index contributed by atoms with van der Waals surface area (Å²) in [6.45, 7) is 0. The molecule has 4 aromatic rings. The standard InChI is InChI=1S/C22H18ClN3O2S/c23-20-10-9-19(29-20)22-16(14-24-26-22)8-11-21(27)25-17(18-7-4-12-28-18)13-15-5-2-1-3-6-15/h1-12,14,17H,13H2,(H,24,26)(H,25,27)/b11-8+. The zero-order valence-corrected chi connectivity index (χ0v) is 16.9. The Morgan fingerprint density at radius 3 is 2.79 bits per heavy atom. The highest BCUT2D eigenvalue weighted by molar-refractivity contribution is 7.19. The lowest BCUT2D eigenvalue weighted by molar-refractivity contribution is -0.117. The topological polar surface area (TPSA) is 70.9 Å². The number of aromatic nitrogens is 2. The first-order valence-corrected chi connectivity index (χ1v) is 10.2. The maximum atomic E-state index is 12.6. The summed E-state index contributed by atoms with van der Waals surface area (Å²) in [6, 6.07) is 17.2. The molecule has 1 unspecified atom stereocenters. The Kier molecular flexibility index (Phi) is 5.93. The van der Waals surface area contributed by atoms with E-state index in [0.29, 0.717) is 16.5 Å². The Hall–Kier alpha value is -3.09. The van der Waals surface area contributed by atoms with E-state index in [1.165, 1.54) is 17.4 Å². The highest BCUT2D eigenvalue weighted by atomic mass is 35.5. The minimum absolute atomic E-state index is 0.210. The number of nitrogens with zero attached hydrogens (tertiary/aromatic N) is 1. The lowest BCUT2D eigenvalue weighted by atomic mass is 10.0. The molecule has 7 heteroatoms. The molecule has 0 aliphatic carbocycles. The minimum atomic E-state index is -0.260. The molecule has 0 saturated heterocycles. The van der Waals surface area contributed by atoms with Crippen LogP contribution in [0.4, 0.5) is 0 Å². The third-order valence-electron chi connectivity index (χ3n) is 4.39. The van der Waals surface area contributed by atoms with Crippen molar-refractivity contribution < 1.29 is 9.21 Å². The maximum Gasteiger partial charge on any atom is 0.244 e. The van der Waals surface area contributed by atoms with E-state index in [0.717, 1.165) is 21.7 Å². The van der Waals surface area contributed by atoms with Gasteiger partial charge in [0, 0.05) is 11.6 Å². The molecule has 5 nitrogen and oxygen atoms in total. The molecule has 0 aliphatic rings. The fraction of sp³-hybridized carbons (Fsp3) is 0.0909. The molecule has 29 heavy (non-hydrogen) atoms. The number of carbonyl (C=O) groups excluding carboxylic acids is 1. The third-order valence-corrected chi connectivity index (χ3v) is 5.64. The predicted molar refractivity (Wildman–Crippen MR) is 116 cm³/mol. The number of amides is 1. The molecule has 0 bridgehead atoms. The highest BCUT2D eigenvalue weighted by Crippen LogP contribution is 2.32. The van der Waals surface area contributed by atoms with Crippen LogP contribution in [0.25, 0.3) is 16.6 Å². The molecule has 1 amide bonds. The van der Waals surface area contributed by atoms with Gasteiger partial charge < -0.3 is 9.73 Å². The summed E-state index contributed by atoms with van der Waals surface area (Å²) in [6.07, 6.45) is 7.17. The maximum absolute atomic E-state index is 12.6. The van der Waals surface area contributed by atoms with Crippen LogP contribution in [0.2, 0.25) is 4.34 Å². The number of carbonyl (C=O) groups is 1. The van der Waals surface area contributed by atoms with E-state index in [1.807, 2.05) is 54.6 Å². The molecule has 3 aromatic heterocycles. The normalized spacial score (nSPS) is 12.3. The van der Waals surface area contributed by atoms with Crippen molar-refractivity contribution in [1.29, 1.82) is 0 Å². The molecule has 2 N–H and O–H groups in total. The van der Waals surface area contributed by atoms with E-state index in [1.54, 1.807) is 18.5 Å². The van der Waals surface area contributed by atoms with Gasteiger partial charge in [0.1, 0.15) is 5.76 Å². The molecular weight excluding hydrogens is 406 g/mol. The fourth-order valence-electron chi connectivity index (χ4n) is 3.02. The molecule has 3 heterocycles. The molecular formula is C22H18ClN3O2S. The molecule has 146 valence electrons. The molecule has 0 radical (unpaired) electrons. The van der Waals surface area contributed by atoms with Crippen molar-refractivity contribution in [3.8, 4) is 10.6 Å². The van der Waals surface area contributed by atoms with Gasteiger partial charge in [0.05, 0.1) is 33.4 Å². The fourth-order valence-corrected chi connectivity index (χ4v) is 4.08. The van der Waals surface area contributed by atoms with Crippen molar-refractivity contribution in [1.82, 2.24) is 15.5 Å². The number of halogens is 1. The monoisotopic (exact) mass is 423 g/mol. The third kappa shape index (κ3) is 4.85. The van der Waals surface area contributed by atoms with Crippen molar-refractivity contribution in [2.75, 3.05) is 0 Å². The van der Waals surface area contributed by atoms with E-state index in [4.69, 9.17) is 16.0 Å². The van der Waals surface area contributed by atoms with Gasteiger partial charge in [0.25, 0.3) is 0 Å². The van der Waals surface area contributed by atoms with Crippen LogP contribution in [-0.2, 0) is 11.2 Å². The first-order valence-electron chi connectivity index (χ1n) is 9.04. The molecule has 1 aromatic carbocycles. The predicted octanol–water partition coefficient (Wildman–Crippen LogP) is 5.50. The summed E-state index contributed by atoms with van der Waals surface area (Å²) < 4.78 is 6.23. The van der Waals surface area contributed by atoms with Crippen LogP contribution >= 0.6 is 22.9 Å². The zero-order valence-electron chi connectivity index (χ0n) is 15.3. The lowest BCUT2D eigenvalue weighted by Gasteiger charge is -2.15. The summed E-state index contributed by atoms with van der Waals surface area (Å²) in [7, 11) is 0. The quantitative estimate of drug-likeness (QED) is 0.385. The zero-order chi connectivity index (χ0) is 20.1. The minimum Gasteiger partial charge on any atom is -0.467 e. The number of H-pyrrole nitrogens is 1. The molecule has 4 rings (SSSR count). The van der Waals surface area contributed by atoms with Gasteiger partial charge in [0.2, 0.25) is 5.91 Å². The summed E-state index contributed by atoms with van der Waals surface area (Å²) in [5.41, 5.74) is 2.76. The van der Waals surface area contributed by atoms with Crippen LogP contribution in [0.3, 0.4) is 0 Å². The first kappa shape index (κ1) is 19.2. The highest BCUT2D eigenvalue weighted by Gasteiger charge is 2.17. The van der Waals surface area contributed by atoms with Gasteiger partial charge in [-0.2, -0.15) is 5.10 Å². The van der Waals surface area contributed by atoms with Crippen LogP contribution in [0.5, 0.6) is 0 Å². The second-order valence-corrected chi connectivity index (χ2v) is 8.12. The van der Waals surface area contributed by atoms with Gasteiger partial charge in [-0.15, -0.1) is 11.3 Å². The van der Waals surface area contributed by atoms with Crippen LogP contribution < -0.4 is 5.32 Å². The van der Waals surface area contributed by atoms with E-state index >= 15 is 0 Å². The van der Waals surface area contributed by atoms with Crippen LogP contribution in [0, 0.1) is 0 Å². The van der Waals surface area contributed by atoms with Crippen LogP contribution in [0.15, 0.2) is 77.6 Å². The van der Waals surface area contributed by atoms with Crippen LogP contribution in [-0.4, -0.2) is 16.1 Å². The molecule has 0 fully saturated rings. The average molecular weight is 424 g/mol. The van der Waals surface area contributed by atoms with Gasteiger partial charge in [-0.25, -0.2) is 0 Å². The first-order chi connectivity index (χ1) is 14.2. The number of hydrogen-bond acceptors (Lipinski definition) is 4. The SMILES string of the molecule is O=C(/C=C/c1cn[nH]c1-c1ccc(Cl)s1)NC(Cc1ccccc1)c1ccco1. The van der Waals surface area contributed by atoms with Crippen molar-refractivity contribution in [2.45, 2.75) is 12.5 Å². The van der Waals surface area contributed by atoms with Gasteiger partial charge >= 0.3 is 0 Å². The Labute approximate surface area is 177 Å². The number of aromatic amines is 1. The Balaban J connectivity index is 1.48. The number of rotatable bonds is 7. The lowest BCUT2D eigenvalue weighted by Crippen LogP contribution is -2.28. The van der Waals surface area contributed by atoms with Crippen LogP contribution in [0.1, 0.15) is 22.9 Å².